The number of carboxylic acid groups (broad SMARTS) is 1. The predicted octanol–water partition coefficient (Wildman–Crippen LogP) is 3.58. The number of carbonyl (C=O) groups is 1. The molecule has 2 unspecified atom stereocenters. The van der Waals surface area contributed by atoms with Crippen molar-refractivity contribution < 1.29 is 19.0 Å². The minimum absolute atomic E-state index is 0.231. The van der Waals surface area contributed by atoms with Gasteiger partial charge in [-0.2, -0.15) is 0 Å². The number of rotatable bonds is 3. The Morgan fingerprint density at radius 1 is 1.32 bits per heavy atom. The summed E-state index contributed by atoms with van der Waals surface area (Å²) in [6.07, 6.45) is 4.26. The third-order valence-corrected chi connectivity index (χ3v) is 3.94. The van der Waals surface area contributed by atoms with Crippen LogP contribution in [0.4, 0.5) is 4.39 Å². The molecule has 2 atom stereocenters. The van der Waals surface area contributed by atoms with Gasteiger partial charge in [-0.1, -0.05) is 25.3 Å². The lowest BCUT2D eigenvalue weighted by Crippen LogP contribution is -2.22. The van der Waals surface area contributed by atoms with Crippen molar-refractivity contribution in [2.24, 2.45) is 5.92 Å². The first-order chi connectivity index (χ1) is 9.13. The highest BCUT2D eigenvalue weighted by Gasteiger charge is 2.32. The Labute approximate surface area is 112 Å². The number of hydrogen-bond acceptors (Lipinski definition) is 2. The summed E-state index contributed by atoms with van der Waals surface area (Å²) in [5, 5.41) is 9.34. The van der Waals surface area contributed by atoms with Gasteiger partial charge in [0, 0.05) is 12.0 Å². The van der Waals surface area contributed by atoms with E-state index in [1.165, 1.54) is 13.2 Å². The number of ether oxygens (including phenoxy) is 1. The molecule has 104 valence electrons. The minimum Gasteiger partial charge on any atom is -0.497 e. The van der Waals surface area contributed by atoms with Crippen molar-refractivity contribution in [1.82, 2.24) is 0 Å². The Morgan fingerprint density at radius 3 is 2.68 bits per heavy atom. The second-order valence-electron chi connectivity index (χ2n) is 5.08. The highest BCUT2D eigenvalue weighted by molar-refractivity contribution is 5.71. The third kappa shape index (κ3) is 3.06. The second-order valence-corrected chi connectivity index (χ2v) is 5.08. The zero-order valence-corrected chi connectivity index (χ0v) is 11.1. The van der Waals surface area contributed by atoms with Crippen LogP contribution in [0.1, 0.15) is 43.6 Å². The van der Waals surface area contributed by atoms with Crippen LogP contribution in [0.5, 0.6) is 5.75 Å². The first kappa shape index (κ1) is 13.8. The lowest BCUT2D eigenvalue weighted by molar-refractivity contribution is -0.142. The molecule has 2 rings (SSSR count). The van der Waals surface area contributed by atoms with Gasteiger partial charge in [-0.3, -0.25) is 4.79 Å². The van der Waals surface area contributed by atoms with Crippen molar-refractivity contribution >= 4 is 5.97 Å². The lowest BCUT2D eigenvalue weighted by Gasteiger charge is -2.22. The van der Waals surface area contributed by atoms with Gasteiger partial charge in [-0.25, -0.2) is 4.39 Å². The van der Waals surface area contributed by atoms with E-state index in [1.54, 1.807) is 12.1 Å². The highest BCUT2D eigenvalue weighted by Crippen LogP contribution is 2.38. The molecular formula is C15H19FO3. The zero-order valence-electron chi connectivity index (χ0n) is 11.1. The van der Waals surface area contributed by atoms with Gasteiger partial charge < -0.3 is 9.84 Å². The van der Waals surface area contributed by atoms with Crippen LogP contribution in [-0.4, -0.2) is 18.2 Å². The SMILES string of the molecule is COc1ccc(C2CCCCCC2C(=O)O)c(F)c1. The fourth-order valence-electron chi connectivity index (χ4n) is 2.91. The Hall–Kier alpha value is -1.58. The van der Waals surface area contributed by atoms with Gasteiger partial charge in [-0.05, 0) is 24.5 Å². The van der Waals surface area contributed by atoms with Crippen molar-refractivity contribution in [2.75, 3.05) is 7.11 Å². The van der Waals surface area contributed by atoms with Gasteiger partial charge in [-0.15, -0.1) is 0 Å². The van der Waals surface area contributed by atoms with Crippen LogP contribution < -0.4 is 4.74 Å². The molecule has 1 fully saturated rings. The van der Waals surface area contributed by atoms with E-state index in [2.05, 4.69) is 0 Å². The van der Waals surface area contributed by atoms with Gasteiger partial charge >= 0.3 is 5.97 Å². The molecule has 1 aliphatic rings. The quantitative estimate of drug-likeness (QED) is 0.850. The van der Waals surface area contributed by atoms with Gasteiger partial charge in [0.25, 0.3) is 0 Å². The maximum atomic E-state index is 14.1. The highest BCUT2D eigenvalue weighted by atomic mass is 19.1. The molecular weight excluding hydrogens is 247 g/mol. The minimum atomic E-state index is -0.817. The normalized spacial score (nSPS) is 23.7. The Kier molecular flexibility index (Phi) is 4.40. The largest absolute Gasteiger partial charge is 0.497 e. The Bertz CT molecular complexity index is 459. The van der Waals surface area contributed by atoms with Crippen molar-refractivity contribution in [3.8, 4) is 5.75 Å². The average Bonchev–Trinajstić information content (AvgIpc) is 2.64. The molecule has 0 aliphatic heterocycles. The van der Waals surface area contributed by atoms with Gasteiger partial charge in [0.1, 0.15) is 11.6 Å². The summed E-state index contributed by atoms with van der Waals surface area (Å²) in [7, 11) is 1.49. The Morgan fingerprint density at radius 2 is 2.05 bits per heavy atom. The first-order valence-electron chi connectivity index (χ1n) is 6.69. The molecule has 1 N–H and O–H groups in total. The summed E-state index contributed by atoms with van der Waals surface area (Å²) >= 11 is 0. The molecule has 1 aromatic carbocycles. The van der Waals surface area contributed by atoms with Crippen molar-refractivity contribution in [1.29, 1.82) is 0 Å². The third-order valence-electron chi connectivity index (χ3n) is 3.94. The smallest absolute Gasteiger partial charge is 0.307 e. The van der Waals surface area contributed by atoms with E-state index in [9.17, 15) is 14.3 Å². The van der Waals surface area contributed by atoms with E-state index in [1.807, 2.05) is 0 Å². The van der Waals surface area contributed by atoms with Gasteiger partial charge in [0.2, 0.25) is 0 Å². The van der Waals surface area contributed by atoms with Gasteiger partial charge in [0.05, 0.1) is 13.0 Å². The number of benzene rings is 1. The van der Waals surface area contributed by atoms with Gasteiger partial charge in [0.15, 0.2) is 0 Å². The van der Waals surface area contributed by atoms with Crippen LogP contribution in [0.2, 0.25) is 0 Å². The summed E-state index contributed by atoms with van der Waals surface area (Å²) in [4.78, 5) is 11.4. The van der Waals surface area contributed by atoms with E-state index in [0.29, 0.717) is 17.7 Å². The average molecular weight is 266 g/mol. The molecule has 3 nitrogen and oxygen atoms in total. The van der Waals surface area contributed by atoms with E-state index in [0.717, 1.165) is 25.7 Å². The maximum Gasteiger partial charge on any atom is 0.307 e. The van der Waals surface area contributed by atoms with E-state index in [-0.39, 0.29) is 11.7 Å². The summed E-state index contributed by atoms with van der Waals surface area (Å²) in [5.41, 5.74) is 0.509. The number of hydrogen-bond donors (Lipinski definition) is 1. The molecule has 0 saturated heterocycles. The topological polar surface area (TPSA) is 46.5 Å². The molecule has 0 radical (unpaired) electrons. The molecule has 1 aromatic rings. The molecule has 19 heavy (non-hydrogen) atoms. The monoisotopic (exact) mass is 266 g/mol. The number of carboxylic acids is 1. The molecule has 1 saturated carbocycles. The molecule has 1 aliphatic carbocycles. The number of aliphatic carboxylic acids is 1. The fraction of sp³-hybridized carbons (Fsp3) is 0.533. The molecule has 0 bridgehead atoms. The first-order valence-corrected chi connectivity index (χ1v) is 6.69. The molecule has 0 amide bonds. The standard InChI is InChI=1S/C15H19FO3/c1-19-10-7-8-12(14(16)9-10)11-5-3-2-4-6-13(11)15(17)18/h7-9,11,13H,2-6H2,1H3,(H,17,18). The molecule has 0 spiro atoms. The fourth-order valence-corrected chi connectivity index (χ4v) is 2.91. The van der Waals surface area contributed by atoms with Crippen molar-refractivity contribution in [3.63, 3.8) is 0 Å². The molecule has 0 aromatic heterocycles. The maximum absolute atomic E-state index is 14.1. The summed E-state index contributed by atoms with van der Waals surface area (Å²) in [5.74, 6) is -1.43. The Balaban J connectivity index is 2.33. The van der Waals surface area contributed by atoms with Crippen LogP contribution >= 0.6 is 0 Å². The summed E-state index contributed by atoms with van der Waals surface area (Å²) in [6.45, 7) is 0. The van der Waals surface area contributed by atoms with E-state index < -0.39 is 11.9 Å². The van der Waals surface area contributed by atoms with Crippen molar-refractivity contribution in [3.05, 3.63) is 29.6 Å². The molecule has 0 heterocycles. The van der Waals surface area contributed by atoms with Crippen LogP contribution in [0.25, 0.3) is 0 Å². The summed E-state index contributed by atoms with van der Waals surface area (Å²) in [6, 6.07) is 4.70. The summed E-state index contributed by atoms with van der Waals surface area (Å²) < 4.78 is 19.1. The number of methoxy groups -OCH3 is 1. The zero-order chi connectivity index (χ0) is 13.8. The lowest BCUT2D eigenvalue weighted by atomic mass is 9.82. The van der Waals surface area contributed by atoms with E-state index in [4.69, 9.17) is 4.74 Å². The predicted molar refractivity (Wildman–Crippen MR) is 69.9 cm³/mol. The van der Waals surface area contributed by atoms with Crippen LogP contribution in [0.15, 0.2) is 18.2 Å². The van der Waals surface area contributed by atoms with Crippen LogP contribution in [0.3, 0.4) is 0 Å². The van der Waals surface area contributed by atoms with Crippen LogP contribution in [-0.2, 0) is 4.79 Å². The second kappa shape index (κ2) is 6.04. The van der Waals surface area contributed by atoms with Crippen molar-refractivity contribution in [2.45, 2.75) is 38.0 Å². The molecule has 4 heteroatoms. The van der Waals surface area contributed by atoms with E-state index >= 15 is 0 Å². The number of halogens is 1. The van der Waals surface area contributed by atoms with Crippen LogP contribution in [0, 0.1) is 11.7 Å².